The van der Waals surface area contributed by atoms with E-state index < -0.39 is 0 Å². The van der Waals surface area contributed by atoms with E-state index in [1.54, 1.807) is 16.9 Å². The van der Waals surface area contributed by atoms with Crippen LogP contribution in [0.2, 0.25) is 0 Å². The van der Waals surface area contributed by atoms with Gasteiger partial charge >= 0.3 is 5.70 Å². The Morgan fingerprint density at radius 3 is 2.79 bits per heavy atom. The average molecular weight is 250 g/mol. The van der Waals surface area contributed by atoms with Gasteiger partial charge in [-0.3, -0.25) is 4.68 Å². The van der Waals surface area contributed by atoms with Gasteiger partial charge < -0.3 is 5.11 Å². The Labute approximate surface area is 110 Å². The molecule has 0 saturated carbocycles. The molecule has 0 bridgehead atoms. The molecule has 19 heavy (non-hydrogen) atoms. The summed E-state index contributed by atoms with van der Waals surface area (Å²) in [6.45, 7) is 7.35. The Kier molecular flexibility index (Phi) is 3.61. The third kappa shape index (κ3) is 2.80. The maximum Gasteiger partial charge on any atom is 0.303 e. The maximum atomic E-state index is 9.75. The molecule has 1 aromatic carbocycles. The lowest BCUT2D eigenvalue weighted by Crippen LogP contribution is -1.99. The fourth-order valence-corrected chi connectivity index (χ4v) is 1.61. The zero-order valence-corrected chi connectivity index (χ0v) is 9.98. The first-order chi connectivity index (χ1) is 9.24. The second-order valence-corrected chi connectivity index (χ2v) is 3.83. The summed E-state index contributed by atoms with van der Waals surface area (Å²) in [7, 11) is 0. The van der Waals surface area contributed by atoms with Crippen LogP contribution in [-0.2, 0) is 6.54 Å². The third-order valence-electron chi connectivity index (χ3n) is 2.54. The topological polar surface area (TPSA) is 66.2 Å². The molecule has 1 heterocycles. The number of rotatable bonds is 3. The summed E-state index contributed by atoms with van der Waals surface area (Å²) < 4.78 is 1.64. The zero-order valence-electron chi connectivity index (χ0n) is 9.98. The molecule has 2 rings (SSSR count). The van der Waals surface area contributed by atoms with Crippen LogP contribution in [-0.4, -0.2) is 14.9 Å². The second kappa shape index (κ2) is 5.52. The van der Waals surface area contributed by atoms with Gasteiger partial charge in [-0.1, -0.05) is 30.3 Å². The van der Waals surface area contributed by atoms with Crippen LogP contribution in [0.4, 0.5) is 0 Å². The monoisotopic (exact) mass is 250 g/mol. The standard InChI is InChI=1S/C14H10N4O/c1-16-13(7-15)14(19)12-8-17-18(10-12)9-11-5-3-2-4-6-11/h2-6,8,10,19H,9H2/b14-13+. The Balaban J connectivity index is 2.24. The van der Waals surface area contributed by atoms with E-state index in [2.05, 4.69) is 9.94 Å². The second-order valence-electron chi connectivity index (χ2n) is 3.83. The van der Waals surface area contributed by atoms with Crippen molar-refractivity contribution < 1.29 is 5.11 Å². The number of allylic oxidation sites excluding steroid dienone is 1. The van der Waals surface area contributed by atoms with E-state index in [0.717, 1.165) is 5.56 Å². The molecule has 0 aliphatic rings. The molecular formula is C14H10N4O. The summed E-state index contributed by atoms with van der Waals surface area (Å²) in [6.07, 6.45) is 3.03. The number of aromatic nitrogens is 2. The van der Waals surface area contributed by atoms with Gasteiger partial charge in [-0.15, -0.1) is 0 Å². The number of benzene rings is 1. The molecule has 1 N–H and O–H groups in total. The van der Waals surface area contributed by atoms with Crippen molar-refractivity contribution in [2.75, 3.05) is 0 Å². The molecule has 2 aromatic rings. The molecule has 92 valence electrons. The summed E-state index contributed by atoms with van der Waals surface area (Å²) in [4.78, 5) is 2.96. The molecule has 0 radical (unpaired) electrons. The third-order valence-corrected chi connectivity index (χ3v) is 2.54. The smallest absolute Gasteiger partial charge is 0.303 e. The number of aliphatic hydroxyl groups excluding tert-OH is 1. The molecule has 0 unspecified atom stereocenters. The minimum Gasteiger partial charge on any atom is -0.518 e. The zero-order chi connectivity index (χ0) is 13.7. The van der Waals surface area contributed by atoms with Crippen LogP contribution in [0.5, 0.6) is 0 Å². The van der Waals surface area contributed by atoms with Crippen LogP contribution in [0.15, 0.2) is 48.4 Å². The molecule has 0 amide bonds. The SMILES string of the molecule is [C-]#[N+]/C(C#N)=C(/O)c1cnn(Cc2ccccc2)c1. The number of aliphatic hydroxyl groups is 1. The van der Waals surface area contributed by atoms with Gasteiger partial charge in [0.05, 0.1) is 25.4 Å². The molecule has 0 atom stereocenters. The van der Waals surface area contributed by atoms with Crippen molar-refractivity contribution in [1.29, 1.82) is 5.26 Å². The molecule has 0 saturated heterocycles. The van der Waals surface area contributed by atoms with Crippen molar-refractivity contribution >= 4 is 5.76 Å². The van der Waals surface area contributed by atoms with Crippen molar-refractivity contribution in [3.05, 3.63) is 71.0 Å². The van der Waals surface area contributed by atoms with Crippen LogP contribution in [0.3, 0.4) is 0 Å². The minimum absolute atomic E-state index is 0.334. The van der Waals surface area contributed by atoms with Gasteiger partial charge in [0.25, 0.3) is 0 Å². The predicted octanol–water partition coefficient (Wildman–Crippen LogP) is 2.60. The van der Waals surface area contributed by atoms with E-state index in [1.807, 2.05) is 30.3 Å². The van der Waals surface area contributed by atoms with Crippen molar-refractivity contribution in [3.63, 3.8) is 0 Å². The van der Waals surface area contributed by atoms with E-state index in [4.69, 9.17) is 11.8 Å². The summed E-state index contributed by atoms with van der Waals surface area (Å²) >= 11 is 0. The Bertz CT molecular complexity index is 670. The molecule has 5 nitrogen and oxygen atoms in total. The highest BCUT2D eigenvalue weighted by atomic mass is 16.3. The molecule has 0 fully saturated rings. The van der Waals surface area contributed by atoms with E-state index in [1.165, 1.54) is 6.20 Å². The Morgan fingerprint density at radius 2 is 2.16 bits per heavy atom. The van der Waals surface area contributed by atoms with Gasteiger partial charge in [0.1, 0.15) is 5.76 Å². The van der Waals surface area contributed by atoms with Crippen LogP contribution in [0.25, 0.3) is 10.6 Å². The first-order valence-electron chi connectivity index (χ1n) is 5.52. The highest BCUT2D eigenvalue weighted by Gasteiger charge is 2.10. The van der Waals surface area contributed by atoms with Crippen LogP contribution < -0.4 is 0 Å². The minimum atomic E-state index is -0.336. The van der Waals surface area contributed by atoms with Crippen molar-refractivity contribution in [2.45, 2.75) is 6.54 Å². The molecule has 0 aliphatic carbocycles. The van der Waals surface area contributed by atoms with Crippen molar-refractivity contribution in [2.24, 2.45) is 0 Å². The number of hydrogen-bond donors (Lipinski definition) is 1. The maximum absolute atomic E-state index is 9.75. The number of nitriles is 1. The molecular weight excluding hydrogens is 240 g/mol. The largest absolute Gasteiger partial charge is 0.518 e. The van der Waals surface area contributed by atoms with Gasteiger partial charge in [0, 0.05) is 11.8 Å². The fraction of sp³-hybridized carbons (Fsp3) is 0.0714. The van der Waals surface area contributed by atoms with Gasteiger partial charge in [-0.05, 0) is 5.56 Å². The first-order valence-corrected chi connectivity index (χ1v) is 5.52. The average Bonchev–Trinajstić information content (AvgIpc) is 2.89. The lowest BCUT2D eigenvalue weighted by molar-refractivity contribution is 0.509. The first kappa shape index (κ1) is 12.4. The lowest BCUT2D eigenvalue weighted by Gasteiger charge is -2.00. The normalized spacial score (nSPS) is 11.3. The van der Waals surface area contributed by atoms with Gasteiger partial charge in [-0.25, -0.2) is 10.1 Å². The van der Waals surface area contributed by atoms with Gasteiger partial charge in [0.15, 0.2) is 0 Å². The van der Waals surface area contributed by atoms with Gasteiger partial charge in [-0.2, -0.15) is 5.10 Å². The highest BCUT2D eigenvalue weighted by Crippen LogP contribution is 2.16. The van der Waals surface area contributed by atoms with E-state index >= 15 is 0 Å². The Hall–Kier alpha value is -3.05. The fourth-order valence-electron chi connectivity index (χ4n) is 1.61. The lowest BCUT2D eigenvalue weighted by atomic mass is 10.2. The molecule has 0 aliphatic heterocycles. The van der Waals surface area contributed by atoms with Crippen LogP contribution >= 0.6 is 0 Å². The number of hydrogen-bond acceptors (Lipinski definition) is 3. The summed E-state index contributed by atoms with van der Waals surface area (Å²) in [6, 6.07) is 11.4. The number of nitrogens with zero attached hydrogens (tertiary/aromatic N) is 4. The summed E-state index contributed by atoms with van der Waals surface area (Å²) in [5.74, 6) is -0.336. The van der Waals surface area contributed by atoms with E-state index in [-0.39, 0.29) is 11.5 Å². The summed E-state index contributed by atoms with van der Waals surface area (Å²) in [5, 5.41) is 22.5. The summed E-state index contributed by atoms with van der Waals surface area (Å²) in [5.41, 5.74) is 1.11. The van der Waals surface area contributed by atoms with E-state index in [0.29, 0.717) is 12.1 Å². The van der Waals surface area contributed by atoms with Crippen LogP contribution in [0, 0.1) is 17.9 Å². The van der Waals surface area contributed by atoms with Crippen molar-refractivity contribution in [1.82, 2.24) is 9.78 Å². The highest BCUT2D eigenvalue weighted by molar-refractivity contribution is 5.66. The molecule has 0 spiro atoms. The predicted molar refractivity (Wildman–Crippen MR) is 69.5 cm³/mol. The molecule has 5 heteroatoms. The Morgan fingerprint density at radius 1 is 1.42 bits per heavy atom. The quantitative estimate of drug-likeness (QED) is 0.517. The molecule has 1 aromatic heterocycles. The van der Waals surface area contributed by atoms with Crippen molar-refractivity contribution in [3.8, 4) is 6.07 Å². The van der Waals surface area contributed by atoms with E-state index in [9.17, 15) is 5.11 Å². The van der Waals surface area contributed by atoms with Gasteiger partial charge in [0.2, 0.25) is 0 Å². The van der Waals surface area contributed by atoms with Crippen LogP contribution in [0.1, 0.15) is 11.1 Å².